The van der Waals surface area contributed by atoms with Gasteiger partial charge in [-0.3, -0.25) is 4.79 Å². The minimum absolute atomic E-state index is 0.0840. The minimum atomic E-state index is -0.833. The first-order chi connectivity index (χ1) is 13.5. The van der Waals surface area contributed by atoms with Crippen LogP contribution < -0.4 is 10.1 Å². The molecule has 0 radical (unpaired) electrons. The molecule has 28 heavy (non-hydrogen) atoms. The molecule has 0 aliphatic carbocycles. The van der Waals surface area contributed by atoms with Gasteiger partial charge in [0.15, 0.2) is 0 Å². The molecule has 3 aromatic carbocycles. The van der Waals surface area contributed by atoms with Gasteiger partial charge in [-0.15, -0.1) is 11.8 Å². The molecule has 0 saturated carbocycles. The summed E-state index contributed by atoms with van der Waals surface area (Å²) < 4.78 is 32.2. The van der Waals surface area contributed by atoms with E-state index in [2.05, 4.69) is 5.32 Å². The molecule has 1 amide bonds. The van der Waals surface area contributed by atoms with Crippen molar-refractivity contribution in [3.05, 3.63) is 88.4 Å². The molecule has 0 aliphatic rings. The van der Waals surface area contributed by atoms with Gasteiger partial charge in [-0.25, -0.2) is 8.78 Å². The first-order valence-electron chi connectivity index (χ1n) is 8.28. The maximum atomic E-state index is 13.8. The van der Waals surface area contributed by atoms with Gasteiger partial charge in [-0.05, 0) is 54.6 Å². The van der Waals surface area contributed by atoms with E-state index in [1.165, 1.54) is 6.07 Å². The highest BCUT2D eigenvalue weighted by Gasteiger charge is 2.13. The number of nitrogens with one attached hydrogen (secondary N) is 1. The van der Waals surface area contributed by atoms with Crippen molar-refractivity contribution >= 4 is 35.0 Å². The molecule has 3 rings (SSSR count). The lowest BCUT2D eigenvalue weighted by Crippen LogP contribution is -2.13. The predicted octanol–water partition coefficient (Wildman–Crippen LogP) is 6.17. The fourth-order valence-electron chi connectivity index (χ4n) is 2.51. The Bertz CT molecular complexity index is 996. The normalized spacial score (nSPS) is 10.6. The average Bonchev–Trinajstić information content (AvgIpc) is 2.69. The highest BCUT2D eigenvalue weighted by Crippen LogP contribution is 2.30. The zero-order chi connectivity index (χ0) is 20.1. The van der Waals surface area contributed by atoms with E-state index in [4.69, 9.17) is 16.3 Å². The number of amides is 1. The van der Waals surface area contributed by atoms with Crippen molar-refractivity contribution < 1.29 is 18.3 Å². The number of hydrogen-bond donors (Lipinski definition) is 1. The molecule has 0 bridgehead atoms. The van der Waals surface area contributed by atoms with E-state index in [0.717, 1.165) is 22.6 Å². The van der Waals surface area contributed by atoms with Crippen LogP contribution in [0.1, 0.15) is 15.9 Å². The summed E-state index contributed by atoms with van der Waals surface area (Å²) in [5, 5.41) is 3.12. The Hall–Kier alpha value is -2.57. The van der Waals surface area contributed by atoms with Crippen molar-refractivity contribution in [2.24, 2.45) is 0 Å². The molecule has 0 fully saturated rings. The van der Waals surface area contributed by atoms with Crippen LogP contribution in [0.5, 0.6) is 5.75 Å². The van der Waals surface area contributed by atoms with Crippen molar-refractivity contribution in [3.8, 4) is 5.75 Å². The van der Waals surface area contributed by atoms with Gasteiger partial charge in [0, 0.05) is 32.9 Å². The van der Waals surface area contributed by atoms with Crippen molar-refractivity contribution in [2.75, 3.05) is 12.4 Å². The Balaban J connectivity index is 1.77. The lowest BCUT2D eigenvalue weighted by atomic mass is 10.1. The van der Waals surface area contributed by atoms with Crippen molar-refractivity contribution in [1.29, 1.82) is 0 Å². The van der Waals surface area contributed by atoms with Gasteiger partial charge < -0.3 is 10.1 Å². The van der Waals surface area contributed by atoms with Gasteiger partial charge >= 0.3 is 0 Å². The predicted molar refractivity (Wildman–Crippen MR) is 108 cm³/mol. The maximum Gasteiger partial charge on any atom is 0.255 e. The Morgan fingerprint density at radius 3 is 2.50 bits per heavy atom. The van der Waals surface area contributed by atoms with Gasteiger partial charge in [-0.2, -0.15) is 0 Å². The van der Waals surface area contributed by atoms with Crippen LogP contribution in [0.25, 0.3) is 0 Å². The summed E-state index contributed by atoms with van der Waals surface area (Å²) in [5.41, 5.74) is 1.07. The molecule has 3 aromatic rings. The Kier molecular flexibility index (Phi) is 6.54. The molecule has 0 aliphatic heterocycles. The van der Waals surface area contributed by atoms with E-state index < -0.39 is 17.5 Å². The van der Waals surface area contributed by atoms with Crippen LogP contribution in [-0.2, 0) is 5.75 Å². The summed E-state index contributed by atoms with van der Waals surface area (Å²) in [6, 6.07) is 15.4. The van der Waals surface area contributed by atoms with Gasteiger partial charge in [0.1, 0.15) is 17.4 Å². The van der Waals surface area contributed by atoms with E-state index >= 15 is 0 Å². The smallest absolute Gasteiger partial charge is 0.255 e. The van der Waals surface area contributed by atoms with Crippen LogP contribution in [0.2, 0.25) is 5.02 Å². The first kappa shape index (κ1) is 20.2. The summed E-state index contributed by atoms with van der Waals surface area (Å²) >= 11 is 7.47. The Morgan fingerprint density at radius 1 is 1.07 bits per heavy atom. The summed E-state index contributed by atoms with van der Waals surface area (Å²) in [6.45, 7) is 0. The molecule has 1 N–H and O–H groups in total. The zero-order valence-corrected chi connectivity index (χ0v) is 16.4. The largest absolute Gasteiger partial charge is 0.496 e. The number of hydrogen-bond acceptors (Lipinski definition) is 3. The highest BCUT2D eigenvalue weighted by molar-refractivity contribution is 7.98. The van der Waals surface area contributed by atoms with Gasteiger partial charge in [-0.1, -0.05) is 11.6 Å². The topological polar surface area (TPSA) is 38.3 Å². The van der Waals surface area contributed by atoms with Crippen LogP contribution in [-0.4, -0.2) is 13.0 Å². The highest BCUT2D eigenvalue weighted by atomic mass is 35.5. The molecule has 0 aromatic heterocycles. The number of benzene rings is 3. The van der Waals surface area contributed by atoms with Crippen LogP contribution >= 0.6 is 23.4 Å². The molecule has 3 nitrogen and oxygen atoms in total. The second-order valence-corrected chi connectivity index (χ2v) is 7.33. The Morgan fingerprint density at radius 2 is 1.82 bits per heavy atom. The quantitative estimate of drug-likeness (QED) is 0.485. The molecule has 7 heteroatoms. The van der Waals surface area contributed by atoms with E-state index in [0.29, 0.717) is 22.1 Å². The summed E-state index contributed by atoms with van der Waals surface area (Å²) in [6.07, 6.45) is 0. The van der Waals surface area contributed by atoms with E-state index in [1.807, 2.05) is 24.3 Å². The number of carbonyl (C=O) groups excluding carboxylic acids is 1. The lowest BCUT2D eigenvalue weighted by molar-refractivity contribution is 0.102. The fraction of sp³-hybridized carbons (Fsp3) is 0.0952. The number of anilines is 1. The SMILES string of the molecule is COc1ccc(C(=O)Nc2ccc(F)cc2F)cc1CSc1ccc(Cl)cc1. The zero-order valence-electron chi connectivity index (χ0n) is 14.8. The number of ether oxygens (including phenoxy) is 1. The molecular weight excluding hydrogens is 404 g/mol. The van der Waals surface area contributed by atoms with E-state index in [1.54, 1.807) is 37.1 Å². The lowest BCUT2D eigenvalue weighted by Gasteiger charge is -2.12. The van der Waals surface area contributed by atoms with Gasteiger partial charge in [0.2, 0.25) is 0 Å². The molecular formula is C21H16ClF2NO2S. The third-order valence-electron chi connectivity index (χ3n) is 3.93. The van der Waals surface area contributed by atoms with E-state index in [9.17, 15) is 13.6 Å². The molecule has 0 atom stereocenters. The first-order valence-corrected chi connectivity index (χ1v) is 9.64. The van der Waals surface area contributed by atoms with Gasteiger partial charge in [0.05, 0.1) is 12.8 Å². The summed E-state index contributed by atoms with van der Waals surface area (Å²) in [5.74, 6) is -0.824. The monoisotopic (exact) mass is 419 g/mol. The molecule has 144 valence electrons. The van der Waals surface area contributed by atoms with E-state index in [-0.39, 0.29) is 5.69 Å². The van der Waals surface area contributed by atoms with Crippen molar-refractivity contribution in [1.82, 2.24) is 0 Å². The van der Waals surface area contributed by atoms with Crippen molar-refractivity contribution in [3.63, 3.8) is 0 Å². The molecule has 0 heterocycles. The number of halogens is 3. The minimum Gasteiger partial charge on any atom is -0.496 e. The van der Waals surface area contributed by atoms with Crippen LogP contribution in [0.3, 0.4) is 0 Å². The van der Waals surface area contributed by atoms with Gasteiger partial charge in [0.25, 0.3) is 5.91 Å². The van der Waals surface area contributed by atoms with Crippen LogP contribution in [0, 0.1) is 11.6 Å². The standard InChI is InChI=1S/C21H16ClF2NO2S/c1-27-20-9-2-13(21(26)25-19-8-5-16(23)11-18(19)24)10-14(20)12-28-17-6-3-15(22)4-7-17/h2-11H,12H2,1H3,(H,25,26). The van der Waals surface area contributed by atoms with Crippen LogP contribution in [0.4, 0.5) is 14.5 Å². The maximum absolute atomic E-state index is 13.8. The third kappa shape index (κ3) is 5.03. The molecule has 0 unspecified atom stereocenters. The fourth-order valence-corrected chi connectivity index (χ4v) is 3.51. The number of carbonyl (C=O) groups is 1. The second kappa shape index (κ2) is 9.08. The number of thioether (sulfide) groups is 1. The summed E-state index contributed by atoms with van der Waals surface area (Å²) in [7, 11) is 1.55. The summed E-state index contributed by atoms with van der Waals surface area (Å²) in [4.78, 5) is 13.5. The second-order valence-electron chi connectivity index (χ2n) is 5.85. The third-order valence-corrected chi connectivity index (χ3v) is 5.24. The van der Waals surface area contributed by atoms with Crippen LogP contribution in [0.15, 0.2) is 65.6 Å². The average molecular weight is 420 g/mol. The molecule has 0 saturated heterocycles. The van der Waals surface area contributed by atoms with Crippen molar-refractivity contribution in [2.45, 2.75) is 10.6 Å². The Labute approximate surface area is 170 Å². The number of methoxy groups -OCH3 is 1. The number of rotatable bonds is 6. The molecule has 0 spiro atoms.